The van der Waals surface area contributed by atoms with Gasteiger partial charge in [-0.3, -0.25) is 4.99 Å². The van der Waals surface area contributed by atoms with Crippen molar-refractivity contribution in [2.24, 2.45) is 4.99 Å². The molecule has 0 spiro atoms. The van der Waals surface area contributed by atoms with Crippen molar-refractivity contribution in [1.82, 2.24) is 10.6 Å². The fraction of sp³-hybridized carbons (Fsp3) is 0.316. The van der Waals surface area contributed by atoms with Gasteiger partial charge in [0.05, 0.1) is 12.9 Å². The summed E-state index contributed by atoms with van der Waals surface area (Å²) in [7, 11) is -0.517. The number of aliphatic imine (C=N–C) groups is 1. The van der Waals surface area contributed by atoms with E-state index in [0.29, 0.717) is 12.5 Å². The van der Waals surface area contributed by atoms with Gasteiger partial charge in [0.25, 0.3) is 0 Å². The summed E-state index contributed by atoms with van der Waals surface area (Å²) in [6.07, 6.45) is 0. The first-order valence-electron chi connectivity index (χ1n) is 8.42. The summed E-state index contributed by atoms with van der Waals surface area (Å²) in [5, 5.41) is 6.04. The lowest BCUT2D eigenvalue weighted by atomic mass is 10.1. The van der Waals surface area contributed by atoms with Crippen LogP contribution in [-0.4, -0.2) is 40.8 Å². The summed E-state index contributed by atoms with van der Waals surface area (Å²) in [6.45, 7) is 2.54. The Morgan fingerprint density at radius 1 is 1.18 bits per heavy atom. The van der Waals surface area contributed by atoms with Gasteiger partial charge in [0.1, 0.15) is 16.5 Å². The van der Waals surface area contributed by atoms with Crippen molar-refractivity contribution in [2.75, 3.05) is 26.5 Å². The second-order valence-electron chi connectivity index (χ2n) is 5.92. The van der Waals surface area contributed by atoms with Crippen molar-refractivity contribution in [3.05, 3.63) is 59.4 Å². The molecule has 0 bridgehead atoms. The summed E-state index contributed by atoms with van der Waals surface area (Å²) in [5.74, 6) is 0.218. The zero-order valence-electron chi connectivity index (χ0n) is 16.0. The van der Waals surface area contributed by atoms with Gasteiger partial charge in [0.2, 0.25) is 0 Å². The van der Waals surface area contributed by atoms with Crippen LogP contribution in [-0.2, 0) is 16.4 Å². The number of aryl methyl sites for hydroxylation is 1. The minimum absolute atomic E-state index is 0. The predicted octanol–water partition coefficient (Wildman–Crippen LogP) is 2.90. The van der Waals surface area contributed by atoms with E-state index in [1.54, 1.807) is 14.2 Å². The van der Waals surface area contributed by atoms with Gasteiger partial charge in [-0.25, -0.2) is 12.8 Å². The Kier molecular flexibility index (Phi) is 9.66. The highest BCUT2D eigenvalue weighted by Crippen LogP contribution is 2.19. The predicted molar refractivity (Wildman–Crippen MR) is 120 cm³/mol. The van der Waals surface area contributed by atoms with Crippen molar-refractivity contribution >= 4 is 39.8 Å². The molecule has 0 saturated carbocycles. The zero-order chi connectivity index (χ0) is 19.9. The van der Waals surface area contributed by atoms with Gasteiger partial charge < -0.3 is 15.4 Å². The lowest BCUT2D eigenvalue weighted by molar-refractivity contribution is 0.408. The van der Waals surface area contributed by atoms with Crippen molar-refractivity contribution in [3.63, 3.8) is 0 Å². The molecule has 0 saturated heterocycles. The molecule has 0 fully saturated rings. The van der Waals surface area contributed by atoms with Crippen LogP contribution >= 0.6 is 24.0 Å². The van der Waals surface area contributed by atoms with Crippen LogP contribution < -0.4 is 15.4 Å². The maximum atomic E-state index is 13.7. The molecule has 0 amide bonds. The highest BCUT2D eigenvalue weighted by molar-refractivity contribution is 14.0. The van der Waals surface area contributed by atoms with Crippen molar-refractivity contribution in [1.29, 1.82) is 0 Å². The SMILES string of the molecule is CN=C(NCCS(=O)(=O)c1ccccc1F)NCc1ccc(C)cc1OC.I. The molecule has 2 aromatic rings. The smallest absolute Gasteiger partial charge is 0.191 e. The van der Waals surface area contributed by atoms with Crippen LogP contribution in [0.2, 0.25) is 0 Å². The number of methoxy groups -OCH3 is 1. The third-order valence-electron chi connectivity index (χ3n) is 3.95. The molecular formula is C19H25FIN3O3S. The lowest BCUT2D eigenvalue weighted by Crippen LogP contribution is -2.39. The molecule has 2 aromatic carbocycles. The van der Waals surface area contributed by atoms with E-state index in [1.807, 2.05) is 25.1 Å². The number of hydrogen-bond acceptors (Lipinski definition) is 4. The van der Waals surface area contributed by atoms with Crippen LogP contribution in [0.1, 0.15) is 11.1 Å². The molecule has 0 aliphatic rings. The number of hydrogen-bond donors (Lipinski definition) is 2. The Labute approximate surface area is 182 Å². The normalized spacial score (nSPS) is 11.5. The van der Waals surface area contributed by atoms with E-state index in [2.05, 4.69) is 15.6 Å². The second kappa shape index (κ2) is 11.2. The van der Waals surface area contributed by atoms with Crippen molar-refractivity contribution in [3.8, 4) is 5.75 Å². The Morgan fingerprint density at radius 2 is 1.89 bits per heavy atom. The van der Waals surface area contributed by atoms with Gasteiger partial charge in [-0.05, 0) is 30.7 Å². The maximum Gasteiger partial charge on any atom is 0.191 e. The molecule has 0 aliphatic carbocycles. The number of ether oxygens (including phenoxy) is 1. The Bertz CT molecular complexity index is 920. The molecule has 2 rings (SSSR count). The average molecular weight is 521 g/mol. The maximum absolute atomic E-state index is 13.7. The number of sulfone groups is 1. The number of halogens is 2. The first kappa shape index (κ1) is 24.2. The molecule has 9 heteroatoms. The van der Waals surface area contributed by atoms with Crippen LogP contribution in [0.3, 0.4) is 0 Å². The second-order valence-corrected chi connectivity index (χ2v) is 7.99. The third kappa shape index (κ3) is 6.62. The van der Waals surface area contributed by atoms with Gasteiger partial charge in [-0.2, -0.15) is 0 Å². The summed E-state index contributed by atoms with van der Waals surface area (Å²) in [5.41, 5.74) is 2.04. The van der Waals surface area contributed by atoms with Crippen LogP contribution in [0, 0.1) is 12.7 Å². The van der Waals surface area contributed by atoms with E-state index < -0.39 is 15.7 Å². The van der Waals surface area contributed by atoms with E-state index in [0.717, 1.165) is 22.9 Å². The number of benzene rings is 2. The molecule has 0 aliphatic heterocycles. The van der Waals surface area contributed by atoms with Gasteiger partial charge in [-0.1, -0.05) is 24.3 Å². The Hall–Kier alpha value is -1.88. The molecule has 0 radical (unpaired) electrons. The number of nitrogens with zero attached hydrogens (tertiary/aromatic N) is 1. The van der Waals surface area contributed by atoms with E-state index in [4.69, 9.17) is 4.74 Å². The fourth-order valence-electron chi connectivity index (χ4n) is 2.51. The minimum atomic E-state index is -3.72. The van der Waals surface area contributed by atoms with Crippen LogP contribution in [0.5, 0.6) is 5.75 Å². The molecule has 0 aromatic heterocycles. The zero-order valence-corrected chi connectivity index (χ0v) is 19.2. The third-order valence-corrected chi connectivity index (χ3v) is 5.69. The van der Waals surface area contributed by atoms with Crippen molar-refractivity contribution < 1.29 is 17.5 Å². The van der Waals surface area contributed by atoms with E-state index in [9.17, 15) is 12.8 Å². The summed E-state index contributed by atoms with van der Waals surface area (Å²) in [4.78, 5) is 3.78. The van der Waals surface area contributed by atoms with Gasteiger partial charge in [-0.15, -0.1) is 24.0 Å². The van der Waals surface area contributed by atoms with E-state index in [1.165, 1.54) is 18.2 Å². The molecule has 28 heavy (non-hydrogen) atoms. The van der Waals surface area contributed by atoms with Crippen molar-refractivity contribution in [2.45, 2.75) is 18.4 Å². The standard InChI is InChI=1S/C19H24FN3O3S.HI/c1-14-8-9-15(17(12-14)26-3)13-23-19(21-2)22-10-11-27(24,25)18-7-5-4-6-16(18)20;/h4-9,12H,10-11,13H2,1-3H3,(H2,21,22,23);1H. The van der Waals surface area contributed by atoms with Crippen LogP contribution in [0.15, 0.2) is 52.4 Å². The van der Waals surface area contributed by atoms with Crippen LogP contribution in [0.25, 0.3) is 0 Å². The minimum Gasteiger partial charge on any atom is -0.496 e. The first-order chi connectivity index (χ1) is 12.9. The number of rotatable bonds is 7. The lowest BCUT2D eigenvalue weighted by Gasteiger charge is -2.14. The molecule has 154 valence electrons. The monoisotopic (exact) mass is 521 g/mol. The quantitative estimate of drug-likeness (QED) is 0.333. The number of guanidine groups is 1. The number of nitrogens with one attached hydrogen (secondary N) is 2. The van der Waals surface area contributed by atoms with Gasteiger partial charge in [0.15, 0.2) is 15.8 Å². The molecule has 0 atom stereocenters. The summed E-state index contributed by atoms with van der Waals surface area (Å²) >= 11 is 0. The largest absolute Gasteiger partial charge is 0.496 e. The molecule has 2 N–H and O–H groups in total. The molecular weight excluding hydrogens is 496 g/mol. The van der Waals surface area contributed by atoms with Gasteiger partial charge in [0, 0.05) is 25.7 Å². The Morgan fingerprint density at radius 3 is 2.54 bits per heavy atom. The first-order valence-corrected chi connectivity index (χ1v) is 10.1. The molecule has 6 nitrogen and oxygen atoms in total. The molecule has 0 heterocycles. The average Bonchev–Trinajstić information content (AvgIpc) is 2.65. The fourth-order valence-corrected chi connectivity index (χ4v) is 3.75. The highest BCUT2D eigenvalue weighted by Gasteiger charge is 2.18. The van der Waals surface area contributed by atoms with E-state index in [-0.39, 0.29) is 41.2 Å². The highest BCUT2D eigenvalue weighted by atomic mass is 127. The summed E-state index contributed by atoms with van der Waals surface area (Å²) < 4.78 is 43.6. The van der Waals surface area contributed by atoms with E-state index >= 15 is 0 Å². The Balaban J connectivity index is 0.00000392. The topological polar surface area (TPSA) is 79.8 Å². The van der Waals surface area contributed by atoms with Crippen LogP contribution in [0.4, 0.5) is 4.39 Å². The van der Waals surface area contributed by atoms with Gasteiger partial charge >= 0.3 is 0 Å². The molecule has 0 unspecified atom stereocenters. The summed E-state index contributed by atoms with van der Waals surface area (Å²) in [6, 6.07) is 11.2.